The van der Waals surface area contributed by atoms with Crippen LogP contribution in [-0.4, -0.2) is 22.1 Å². The fourth-order valence-electron chi connectivity index (χ4n) is 4.51. The maximum absolute atomic E-state index is 13.2. The average molecular weight is 499 g/mol. The van der Waals surface area contributed by atoms with E-state index < -0.39 is 36.2 Å². The Hall–Kier alpha value is -3.05. The molecule has 0 amide bonds. The van der Waals surface area contributed by atoms with Gasteiger partial charge in [0, 0.05) is 30.4 Å². The van der Waals surface area contributed by atoms with E-state index in [1.807, 2.05) is 30.3 Å². The van der Waals surface area contributed by atoms with Gasteiger partial charge in [-0.2, -0.15) is 26.3 Å². The van der Waals surface area contributed by atoms with Crippen LogP contribution in [0.15, 0.2) is 59.5 Å². The summed E-state index contributed by atoms with van der Waals surface area (Å²) in [5.41, 5.74) is -1.65. The monoisotopic (exact) mass is 499 g/mol. The molecule has 188 valence electrons. The summed E-state index contributed by atoms with van der Waals surface area (Å²) in [6, 6.07) is 10.8. The van der Waals surface area contributed by atoms with Gasteiger partial charge in [0.2, 0.25) is 0 Å². The van der Waals surface area contributed by atoms with Crippen molar-refractivity contribution in [1.29, 1.82) is 0 Å². The van der Waals surface area contributed by atoms with Crippen LogP contribution in [0.5, 0.6) is 0 Å². The molecule has 0 unspecified atom stereocenters. The lowest BCUT2D eigenvalue weighted by atomic mass is 9.92. The Kier molecular flexibility index (Phi) is 7.09. The highest BCUT2D eigenvalue weighted by atomic mass is 19.4. The first-order chi connectivity index (χ1) is 16.5. The molecule has 4 rings (SSSR count). The van der Waals surface area contributed by atoms with Crippen LogP contribution in [0.3, 0.4) is 0 Å². The van der Waals surface area contributed by atoms with Crippen molar-refractivity contribution in [2.45, 2.75) is 56.4 Å². The molecule has 1 aliphatic rings. The Balaban J connectivity index is 1.53. The minimum atomic E-state index is -4.91. The summed E-state index contributed by atoms with van der Waals surface area (Å²) in [4.78, 5) is 16.5. The first-order valence-corrected chi connectivity index (χ1v) is 11.0. The zero-order valence-electron chi connectivity index (χ0n) is 18.3. The second kappa shape index (κ2) is 9.90. The van der Waals surface area contributed by atoms with Crippen LogP contribution in [-0.2, 0) is 30.2 Å². The standard InChI is InChI=1S/C24H23F6N3O2/c25-23(26,27)16-8-14(9-17(10-16)24(28,29)30)13-35-20-7-6-19(21(20)15-4-2-1-3-5-15)31-11-18-12-32-22(34)33-18/h1-5,8-10,12,19-21,31H,6-7,11,13H2,(H2,32,33,34)/t19-,20+,21+/m1/s1. The van der Waals surface area contributed by atoms with Gasteiger partial charge in [-0.25, -0.2) is 4.79 Å². The zero-order chi connectivity index (χ0) is 25.2. The van der Waals surface area contributed by atoms with Crippen LogP contribution in [0, 0.1) is 0 Å². The highest BCUT2D eigenvalue weighted by Crippen LogP contribution is 2.39. The van der Waals surface area contributed by atoms with E-state index in [0.29, 0.717) is 37.2 Å². The van der Waals surface area contributed by atoms with Crippen LogP contribution in [0.25, 0.3) is 0 Å². The maximum atomic E-state index is 13.2. The zero-order valence-corrected chi connectivity index (χ0v) is 18.3. The van der Waals surface area contributed by atoms with Crippen molar-refractivity contribution < 1.29 is 31.1 Å². The molecule has 1 saturated carbocycles. The molecular weight excluding hydrogens is 476 g/mol. The number of aromatic nitrogens is 2. The minimum absolute atomic E-state index is 0.0759. The number of ether oxygens (including phenoxy) is 1. The van der Waals surface area contributed by atoms with Crippen molar-refractivity contribution in [2.24, 2.45) is 0 Å². The molecule has 1 aromatic heterocycles. The van der Waals surface area contributed by atoms with Gasteiger partial charge >= 0.3 is 18.0 Å². The Morgan fingerprint density at radius 1 is 0.943 bits per heavy atom. The second-order valence-corrected chi connectivity index (χ2v) is 8.53. The summed E-state index contributed by atoms with van der Waals surface area (Å²) in [6.07, 6.45) is -7.46. The molecule has 0 bridgehead atoms. The summed E-state index contributed by atoms with van der Waals surface area (Å²) < 4.78 is 85.1. The van der Waals surface area contributed by atoms with E-state index in [-0.39, 0.29) is 29.3 Å². The van der Waals surface area contributed by atoms with Gasteiger partial charge in [-0.05, 0) is 42.2 Å². The molecule has 3 N–H and O–H groups in total. The molecule has 1 aliphatic carbocycles. The quantitative estimate of drug-likeness (QED) is 0.384. The molecule has 2 aromatic carbocycles. The highest BCUT2D eigenvalue weighted by Gasteiger charge is 2.39. The van der Waals surface area contributed by atoms with E-state index >= 15 is 0 Å². The smallest absolute Gasteiger partial charge is 0.373 e. The van der Waals surface area contributed by atoms with Crippen molar-refractivity contribution in [3.8, 4) is 0 Å². The first-order valence-electron chi connectivity index (χ1n) is 11.0. The highest BCUT2D eigenvalue weighted by molar-refractivity contribution is 5.33. The molecule has 0 aliphatic heterocycles. The normalized spacial score (nSPS) is 20.9. The molecule has 1 heterocycles. The Morgan fingerprint density at radius 3 is 2.17 bits per heavy atom. The van der Waals surface area contributed by atoms with Crippen molar-refractivity contribution >= 4 is 0 Å². The first kappa shape index (κ1) is 25.1. The van der Waals surface area contributed by atoms with Gasteiger partial charge in [0.1, 0.15) is 0 Å². The Labute approximate surface area is 196 Å². The van der Waals surface area contributed by atoms with E-state index in [0.717, 1.165) is 5.56 Å². The van der Waals surface area contributed by atoms with Gasteiger partial charge in [0.15, 0.2) is 0 Å². The van der Waals surface area contributed by atoms with Crippen molar-refractivity contribution in [3.63, 3.8) is 0 Å². The Morgan fingerprint density at radius 2 is 1.60 bits per heavy atom. The lowest BCUT2D eigenvalue weighted by molar-refractivity contribution is -0.143. The fourth-order valence-corrected chi connectivity index (χ4v) is 4.51. The van der Waals surface area contributed by atoms with Gasteiger partial charge in [-0.15, -0.1) is 0 Å². The molecule has 5 nitrogen and oxygen atoms in total. The number of hydrogen-bond donors (Lipinski definition) is 3. The van der Waals surface area contributed by atoms with Gasteiger partial charge in [0.05, 0.1) is 23.8 Å². The van der Waals surface area contributed by atoms with Gasteiger partial charge in [0.25, 0.3) is 0 Å². The number of nitrogens with one attached hydrogen (secondary N) is 3. The van der Waals surface area contributed by atoms with Crippen LogP contribution in [0.2, 0.25) is 0 Å². The molecule has 0 saturated heterocycles. The average Bonchev–Trinajstić information content (AvgIpc) is 3.41. The SMILES string of the molecule is O=c1[nH]cc(CN[C@@H]2CC[C@H](OCc3cc(C(F)(F)F)cc(C(F)(F)F)c3)[C@H]2c2ccccc2)[nH]1. The molecular formula is C24H23F6N3O2. The summed E-state index contributed by atoms with van der Waals surface area (Å²) >= 11 is 0. The van der Waals surface area contributed by atoms with Crippen LogP contribution in [0.4, 0.5) is 26.3 Å². The van der Waals surface area contributed by atoms with E-state index in [2.05, 4.69) is 15.3 Å². The number of alkyl halides is 6. The van der Waals surface area contributed by atoms with Gasteiger partial charge in [-0.3, -0.25) is 0 Å². The number of H-pyrrole nitrogens is 2. The third-order valence-corrected chi connectivity index (χ3v) is 6.10. The van der Waals surface area contributed by atoms with E-state index in [1.165, 1.54) is 0 Å². The number of imidazole rings is 1. The summed E-state index contributed by atoms with van der Waals surface area (Å²) in [7, 11) is 0. The number of benzene rings is 2. The lowest BCUT2D eigenvalue weighted by Gasteiger charge is -2.26. The molecule has 1 fully saturated rings. The third-order valence-electron chi connectivity index (χ3n) is 6.10. The summed E-state index contributed by atoms with van der Waals surface area (Å²) in [5, 5.41) is 3.38. The number of aromatic amines is 2. The minimum Gasteiger partial charge on any atom is -0.373 e. The maximum Gasteiger partial charge on any atom is 0.416 e. The molecule has 11 heteroatoms. The summed E-state index contributed by atoms with van der Waals surface area (Å²) in [5.74, 6) is -0.185. The molecule has 3 aromatic rings. The summed E-state index contributed by atoms with van der Waals surface area (Å²) in [6.45, 7) is -0.0130. The number of halogens is 6. The molecule has 0 spiro atoms. The number of rotatable bonds is 7. The topological polar surface area (TPSA) is 69.9 Å². The van der Waals surface area contributed by atoms with Crippen LogP contribution in [0.1, 0.15) is 46.7 Å². The van der Waals surface area contributed by atoms with E-state index in [1.54, 1.807) is 6.20 Å². The van der Waals surface area contributed by atoms with Gasteiger partial charge in [-0.1, -0.05) is 30.3 Å². The van der Waals surface area contributed by atoms with E-state index in [4.69, 9.17) is 4.74 Å². The largest absolute Gasteiger partial charge is 0.416 e. The predicted octanol–water partition coefficient (Wildman–Crippen LogP) is 5.36. The third kappa shape index (κ3) is 6.15. The van der Waals surface area contributed by atoms with Crippen molar-refractivity contribution in [1.82, 2.24) is 15.3 Å². The van der Waals surface area contributed by atoms with E-state index in [9.17, 15) is 31.1 Å². The van der Waals surface area contributed by atoms with Crippen LogP contribution >= 0.6 is 0 Å². The molecule has 0 radical (unpaired) electrons. The predicted molar refractivity (Wildman–Crippen MR) is 115 cm³/mol. The molecule has 3 atom stereocenters. The number of hydrogen-bond acceptors (Lipinski definition) is 3. The van der Waals surface area contributed by atoms with Gasteiger partial charge < -0.3 is 20.0 Å². The Bertz CT molecular complexity index is 1150. The lowest BCUT2D eigenvalue weighted by Crippen LogP contribution is -2.34. The van der Waals surface area contributed by atoms with Crippen molar-refractivity contribution in [2.75, 3.05) is 0 Å². The molecule has 35 heavy (non-hydrogen) atoms. The van der Waals surface area contributed by atoms with Crippen molar-refractivity contribution in [3.05, 3.63) is 93.2 Å². The fraction of sp³-hybridized carbons (Fsp3) is 0.375. The van der Waals surface area contributed by atoms with Crippen LogP contribution < -0.4 is 11.0 Å². The second-order valence-electron chi connectivity index (χ2n) is 8.53.